The topological polar surface area (TPSA) is 26.3 Å². The number of ether oxygens (including phenoxy) is 1. The molecular weight excluding hydrogens is 244 g/mol. The number of fused-ring (bicyclic) bond motifs is 1. The molecule has 2 aromatic carbocycles. The van der Waals surface area contributed by atoms with Gasteiger partial charge in [-0.2, -0.15) is 0 Å². The number of carbonyl (C=O) groups is 1. The van der Waals surface area contributed by atoms with Crippen LogP contribution < -0.4 is 0 Å². The molecule has 3 heteroatoms. The molecule has 2 nitrogen and oxygen atoms in total. The van der Waals surface area contributed by atoms with E-state index in [0.717, 1.165) is 4.90 Å². The summed E-state index contributed by atoms with van der Waals surface area (Å²) in [6, 6.07) is 14.3. The van der Waals surface area contributed by atoms with E-state index in [4.69, 9.17) is 4.74 Å². The highest BCUT2D eigenvalue weighted by molar-refractivity contribution is 8.02. The van der Waals surface area contributed by atoms with Crippen LogP contribution in [0.15, 0.2) is 58.8 Å². The molecule has 0 spiro atoms. The largest absolute Gasteiger partial charge is 0.463 e. The summed E-state index contributed by atoms with van der Waals surface area (Å²) < 4.78 is 4.83. The highest BCUT2D eigenvalue weighted by atomic mass is 32.2. The number of rotatable bonds is 4. The predicted molar refractivity (Wildman–Crippen MR) is 75.6 cm³/mol. The van der Waals surface area contributed by atoms with Crippen LogP contribution in [0, 0.1) is 0 Å². The summed E-state index contributed by atoms with van der Waals surface area (Å²) in [4.78, 5) is 12.3. The third-order valence-electron chi connectivity index (χ3n) is 2.44. The minimum atomic E-state index is -0.301. The summed E-state index contributed by atoms with van der Waals surface area (Å²) in [5.41, 5.74) is 0. The van der Waals surface area contributed by atoms with Gasteiger partial charge in [-0.25, -0.2) is 4.79 Å². The normalized spacial score (nSPS) is 10.9. The van der Waals surface area contributed by atoms with Crippen molar-refractivity contribution in [3.05, 3.63) is 53.9 Å². The van der Waals surface area contributed by atoms with Gasteiger partial charge in [0.1, 0.15) is 0 Å². The minimum Gasteiger partial charge on any atom is -0.463 e. The van der Waals surface area contributed by atoms with Crippen LogP contribution in [0.4, 0.5) is 0 Å². The molecule has 0 radical (unpaired) electrons. The Hall–Kier alpha value is -1.74. The molecule has 0 atom stereocenters. The Labute approximate surface area is 111 Å². The van der Waals surface area contributed by atoms with E-state index < -0.39 is 0 Å². The van der Waals surface area contributed by atoms with Gasteiger partial charge in [0.05, 0.1) is 6.61 Å². The van der Waals surface area contributed by atoms with Crippen LogP contribution in [0.3, 0.4) is 0 Å². The maximum atomic E-state index is 11.2. The molecule has 0 saturated carbocycles. The Bertz CT molecular complexity index is 570. The molecule has 0 aliphatic rings. The third kappa shape index (κ3) is 3.14. The van der Waals surface area contributed by atoms with Gasteiger partial charge in [-0.05, 0) is 29.2 Å². The number of hydrogen-bond acceptors (Lipinski definition) is 3. The molecule has 0 saturated heterocycles. The summed E-state index contributed by atoms with van der Waals surface area (Å²) in [5.74, 6) is -0.301. The molecule has 0 amide bonds. The smallest absolute Gasteiger partial charge is 0.331 e. The first-order chi connectivity index (χ1) is 8.81. The summed E-state index contributed by atoms with van der Waals surface area (Å²) in [7, 11) is 0. The second kappa shape index (κ2) is 6.26. The van der Waals surface area contributed by atoms with Gasteiger partial charge in [0.2, 0.25) is 0 Å². The average molecular weight is 258 g/mol. The van der Waals surface area contributed by atoms with Gasteiger partial charge in [-0.3, -0.25) is 0 Å². The Kier molecular flexibility index (Phi) is 4.42. The summed E-state index contributed by atoms with van der Waals surface area (Å²) >= 11 is 1.52. The predicted octanol–water partition coefficient (Wildman–Crippen LogP) is 4.01. The molecule has 0 heterocycles. The Morgan fingerprint density at radius 1 is 1.22 bits per heavy atom. The highest BCUT2D eigenvalue weighted by Gasteiger charge is 1.99. The van der Waals surface area contributed by atoms with Crippen molar-refractivity contribution in [2.75, 3.05) is 6.61 Å². The zero-order valence-corrected chi connectivity index (χ0v) is 10.9. The van der Waals surface area contributed by atoms with Gasteiger partial charge >= 0.3 is 5.97 Å². The van der Waals surface area contributed by atoms with Crippen molar-refractivity contribution in [1.82, 2.24) is 0 Å². The zero-order chi connectivity index (χ0) is 12.8. The lowest BCUT2D eigenvalue weighted by molar-refractivity contribution is -0.137. The number of esters is 1. The first-order valence-electron chi connectivity index (χ1n) is 5.79. The van der Waals surface area contributed by atoms with Crippen molar-refractivity contribution >= 4 is 28.5 Å². The lowest BCUT2D eigenvalue weighted by atomic mass is 10.1. The zero-order valence-electron chi connectivity index (χ0n) is 10.1. The molecule has 0 N–H and O–H groups in total. The first kappa shape index (κ1) is 12.7. The van der Waals surface area contributed by atoms with Gasteiger partial charge in [0.15, 0.2) is 0 Å². The number of benzene rings is 2. The average Bonchev–Trinajstić information content (AvgIpc) is 2.39. The van der Waals surface area contributed by atoms with E-state index in [9.17, 15) is 4.79 Å². The van der Waals surface area contributed by atoms with Crippen molar-refractivity contribution in [3.8, 4) is 0 Å². The fraction of sp³-hybridized carbons (Fsp3) is 0.133. The first-order valence-corrected chi connectivity index (χ1v) is 6.67. The molecule has 0 fully saturated rings. The lowest BCUT2D eigenvalue weighted by Crippen LogP contribution is -1.98. The minimum absolute atomic E-state index is 0.301. The van der Waals surface area contributed by atoms with E-state index in [0.29, 0.717) is 6.61 Å². The standard InChI is InChI=1S/C15H14O2S/c1-2-17-15(16)10-11-18-14-9-5-7-12-6-3-4-8-13(12)14/h3-11H,2H2,1H3/b11-10-. The second-order valence-electron chi connectivity index (χ2n) is 3.65. The van der Waals surface area contributed by atoms with Crippen LogP contribution in [-0.4, -0.2) is 12.6 Å². The van der Waals surface area contributed by atoms with Crippen molar-refractivity contribution in [1.29, 1.82) is 0 Å². The molecular formula is C15H14O2S. The SMILES string of the molecule is CCOC(=O)/C=C\Sc1cccc2ccccc12. The van der Waals surface area contributed by atoms with Crippen LogP contribution in [-0.2, 0) is 9.53 Å². The van der Waals surface area contributed by atoms with Crippen molar-refractivity contribution in [2.45, 2.75) is 11.8 Å². The molecule has 0 unspecified atom stereocenters. The number of hydrogen-bond donors (Lipinski definition) is 0. The van der Waals surface area contributed by atoms with Gasteiger partial charge in [-0.1, -0.05) is 48.2 Å². The Morgan fingerprint density at radius 3 is 2.83 bits per heavy atom. The molecule has 0 bridgehead atoms. The van der Waals surface area contributed by atoms with Crippen molar-refractivity contribution < 1.29 is 9.53 Å². The van der Waals surface area contributed by atoms with Crippen LogP contribution in [0.5, 0.6) is 0 Å². The van der Waals surface area contributed by atoms with E-state index in [1.807, 2.05) is 24.3 Å². The fourth-order valence-corrected chi connectivity index (χ4v) is 2.45. The molecule has 2 rings (SSSR count). The van der Waals surface area contributed by atoms with E-state index in [1.165, 1.54) is 28.6 Å². The van der Waals surface area contributed by atoms with E-state index in [-0.39, 0.29) is 5.97 Å². The van der Waals surface area contributed by atoms with Crippen LogP contribution >= 0.6 is 11.8 Å². The molecule has 0 aliphatic heterocycles. The third-order valence-corrected chi connectivity index (χ3v) is 3.32. The van der Waals surface area contributed by atoms with Gasteiger partial charge in [0, 0.05) is 11.0 Å². The molecule has 2 aromatic rings. The Morgan fingerprint density at radius 2 is 2.00 bits per heavy atom. The quantitative estimate of drug-likeness (QED) is 0.471. The maximum Gasteiger partial charge on any atom is 0.331 e. The van der Waals surface area contributed by atoms with Gasteiger partial charge < -0.3 is 4.74 Å². The maximum absolute atomic E-state index is 11.2. The number of thioether (sulfide) groups is 1. The van der Waals surface area contributed by atoms with Crippen LogP contribution in [0.25, 0.3) is 10.8 Å². The molecule has 0 aromatic heterocycles. The highest BCUT2D eigenvalue weighted by Crippen LogP contribution is 2.28. The van der Waals surface area contributed by atoms with Crippen LogP contribution in [0.2, 0.25) is 0 Å². The number of carbonyl (C=O) groups excluding carboxylic acids is 1. The van der Waals surface area contributed by atoms with Crippen molar-refractivity contribution in [2.24, 2.45) is 0 Å². The van der Waals surface area contributed by atoms with E-state index in [2.05, 4.69) is 18.2 Å². The molecule has 92 valence electrons. The van der Waals surface area contributed by atoms with Crippen LogP contribution in [0.1, 0.15) is 6.92 Å². The summed E-state index contributed by atoms with van der Waals surface area (Å²) in [6.45, 7) is 2.20. The molecule has 18 heavy (non-hydrogen) atoms. The van der Waals surface area contributed by atoms with Crippen molar-refractivity contribution in [3.63, 3.8) is 0 Å². The second-order valence-corrected chi connectivity index (χ2v) is 4.60. The molecule has 0 aliphatic carbocycles. The Balaban J connectivity index is 2.15. The summed E-state index contributed by atoms with van der Waals surface area (Å²) in [6.07, 6.45) is 1.45. The van der Waals surface area contributed by atoms with Gasteiger partial charge in [-0.15, -0.1) is 0 Å². The van der Waals surface area contributed by atoms with E-state index in [1.54, 1.807) is 12.3 Å². The van der Waals surface area contributed by atoms with E-state index >= 15 is 0 Å². The lowest BCUT2D eigenvalue weighted by Gasteiger charge is -2.02. The monoisotopic (exact) mass is 258 g/mol. The summed E-state index contributed by atoms with van der Waals surface area (Å²) in [5, 5.41) is 4.16. The van der Waals surface area contributed by atoms with Gasteiger partial charge in [0.25, 0.3) is 0 Å². The fourth-order valence-electron chi connectivity index (χ4n) is 1.65.